The first-order valence-electron chi connectivity index (χ1n) is 7.80. The van der Waals surface area contributed by atoms with Gasteiger partial charge in [-0.2, -0.15) is 0 Å². The highest BCUT2D eigenvalue weighted by Crippen LogP contribution is 2.19. The Labute approximate surface area is 133 Å². The Balaban J connectivity index is 1.82. The molecule has 1 fully saturated rings. The van der Waals surface area contributed by atoms with Gasteiger partial charge in [0.2, 0.25) is 0 Å². The molecule has 1 saturated heterocycles. The molecular formula is C17H27N3O2. The Morgan fingerprint density at radius 2 is 2.23 bits per heavy atom. The summed E-state index contributed by atoms with van der Waals surface area (Å²) in [5.74, 6) is 1.46. The first kappa shape index (κ1) is 16.6. The Hall–Kier alpha value is -1.75. The van der Waals surface area contributed by atoms with Crippen LogP contribution in [0.25, 0.3) is 0 Å². The molecule has 0 bridgehead atoms. The van der Waals surface area contributed by atoms with Gasteiger partial charge in [0.1, 0.15) is 5.75 Å². The number of ether oxygens (including phenoxy) is 1. The molecule has 5 nitrogen and oxygen atoms in total. The van der Waals surface area contributed by atoms with E-state index in [0.29, 0.717) is 12.5 Å². The van der Waals surface area contributed by atoms with Crippen molar-refractivity contribution in [2.24, 2.45) is 5.92 Å². The van der Waals surface area contributed by atoms with Gasteiger partial charge in [0.05, 0.1) is 7.11 Å². The maximum absolute atomic E-state index is 12.2. The Bertz CT molecular complexity index is 517. The molecule has 1 N–H and O–H groups in total. The molecule has 1 aliphatic heterocycles. The molecule has 1 aromatic carbocycles. The van der Waals surface area contributed by atoms with Gasteiger partial charge in [0.25, 0.3) is 0 Å². The molecule has 0 spiro atoms. The third-order valence-electron chi connectivity index (χ3n) is 4.10. The van der Waals surface area contributed by atoms with Gasteiger partial charge in [-0.1, -0.05) is 12.1 Å². The van der Waals surface area contributed by atoms with Crippen molar-refractivity contribution in [1.82, 2.24) is 15.1 Å². The summed E-state index contributed by atoms with van der Waals surface area (Å²) >= 11 is 0. The van der Waals surface area contributed by atoms with Crippen molar-refractivity contribution in [3.63, 3.8) is 0 Å². The normalized spacial score (nSPS) is 17.9. The highest BCUT2D eigenvalue weighted by atomic mass is 16.5. The molecule has 1 heterocycles. The fourth-order valence-corrected chi connectivity index (χ4v) is 3.02. The van der Waals surface area contributed by atoms with Gasteiger partial charge in [0, 0.05) is 26.2 Å². The molecule has 1 aromatic rings. The van der Waals surface area contributed by atoms with E-state index in [9.17, 15) is 4.79 Å². The van der Waals surface area contributed by atoms with E-state index in [-0.39, 0.29) is 6.03 Å². The van der Waals surface area contributed by atoms with Crippen LogP contribution in [0.4, 0.5) is 4.79 Å². The summed E-state index contributed by atoms with van der Waals surface area (Å²) in [6, 6.07) is 6.03. The lowest BCUT2D eigenvalue weighted by Gasteiger charge is -2.19. The molecule has 2 amide bonds. The second-order valence-electron chi connectivity index (χ2n) is 6.33. The zero-order valence-electron chi connectivity index (χ0n) is 14.1. The quantitative estimate of drug-likeness (QED) is 0.906. The van der Waals surface area contributed by atoms with E-state index in [1.165, 1.54) is 0 Å². The molecule has 5 heteroatoms. The summed E-state index contributed by atoms with van der Waals surface area (Å²) in [4.78, 5) is 16.3. The molecular weight excluding hydrogens is 278 g/mol. The van der Waals surface area contributed by atoms with Gasteiger partial charge >= 0.3 is 6.03 Å². The lowest BCUT2D eigenvalue weighted by molar-refractivity contribution is 0.205. The van der Waals surface area contributed by atoms with Crippen LogP contribution < -0.4 is 10.1 Å². The van der Waals surface area contributed by atoms with Gasteiger partial charge < -0.3 is 19.9 Å². The third-order valence-corrected chi connectivity index (χ3v) is 4.10. The van der Waals surface area contributed by atoms with Crippen molar-refractivity contribution < 1.29 is 9.53 Å². The SMILES string of the molecule is COc1ccc(CNC(=O)N2CC[C@@H](CN(C)C)C2)cc1C. The summed E-state index contributed by atoms with van der Waals surface area (Å²) in [5.41, 5.74) is 2.18. The molecule has 0 unspecified atom stereocenters. The zero-order chi connectivity index (χ0) is 16.1. The summed E-state index contributed by atoms with van der Waals surface area (Å²) in [6.07, 6.45) is 1.09. The van der Waals surface area contributed by atoms with E-state index >= 15 is 0 Å². The van der Waals surface area contributed by atoms with E-state index in [1.54, 1.807) is 7.11 Å². The first-order chi connectivity index (χ1) is 10.5. The summed E-state index contributed by atoms with van der Waals surface area (Å²) < 4.78 is 5.25. The van der Waals surface area contributed by atoms with Crippen molar-refractivity contribution in [3.05, 3.63) is 29.3 Å². The van der Waals surface area contributed by atoms with E-state index in [0.717, 1.165) is 42.9 Å². The number of benzene rings is 1. The van der Waals surface area contributed by atoms with Crippen molar-refractivity contribution in [3.8, 4) is 5.75 Å². The number of carbonyl (C=O) groups is 1. The van der Waals surface area contributed by atoms with Crippen LogP contribution >= 0.6 is 0 Å². The van der Waals surface area contributed by atoms with Gasteiger partial charge in [0.15, 0.2) is 0 Å². The second kappa shape index (κ2) is 7.49. The third kappa shape index (κ3) is 4.37. The van der Waals surface area contributed by atoms with Crippen LogP contribution in [0.3, 0.4) is 0 Å². The van der Waals surface area contributed by atoms with Gasteiger partial charge in [-0.05, 0) is 50.6 Å². The Kier molecular flexibility index (Phi) is 5.66. The number of likely N-dealkylation sites (tertiary alicyclic amines) is 1. The van der Waals surface area contributed by atoms with Gasteiger partial charge in [-0.15, -0.1) is 0 Å². The van der Waals surface area contributed by atoms with Crippen LogP contribution in [0, 0.1) is 12.8 Å². The van der Waals surface area contributed by atoms with E-state index in [2.05, 4.69) is 30.4 Å². The van der Waals surface area contributed by atoms with Crippen LogP contribution in [0.5, 0.6) is 5.75 Å². The fourth-order valence-electron chi connectivity index (χ4n) is 3.02. The molecule has 0 aliphatic carbocycles. The maximum Gasteiger partial charge on any atom is 0.317 e. The largest absolute Gasteiger partial charge is 0.496 e. The molecule has 0 radical (unpaired) electrons. The number of rotatable bonds is 5. The lowest BCUT2D eigenvalue weighted by atomic mass is 10.1. The van der Waals surface area contributed by atoms with E-state index < -0.39 is 0 Å². The molecule has 0 saturated carbocycles. The number of hydrogen-bond acceptors (Lipinski definition) is 3. The monoisotopic (exact) mass is 305 g/mol. The van der Waals surface area contributed by atoms with Crippen LogP contribution in [-0.4, -0.2) is 56.7 Å². The van der Waals surface area contributed by atoms with Crippen molar-refractivity contribution in [1.29, 1.82) is 0 Å². The minimum absolute atomic E-state index is 0.0368. The van der Waals surface area contributed by atoms with Crippen LogP contribution in [-0.2, 0) is 6.54 Å². The summed E-state index contributed by atoms with van der Waals surface area (Å²) in [7, 11) is 5.82. The molecule has 1 atom stereocenters. The number of nitrogens with one attached hydrogen (secondary N) is 1. The average molecular weight is 305 g/mol. The fraction of sp³-hybridized carbons (Fsp3) is 0.588. The minimum atomic E-state index is 0.0368. The topological polar surface area (TPSA) is 44.8 Å². The van der Waals surface area contributed by atoms with Crippen LogP contribution in [0.2, 0.25) is 0 Å². The first-order valence-corrected chi connectivity index (χ1v) is 7.80. The molecule has 1 aliphatic rings. The molecule has 122 valence electrons. The number of hydrogen-bond donors (Lipinski definition) is 1. The highest BCUT2D eigenvalue weighted by molar-refractivity contribution is 5.74. The maximum atomic E-state index is 12.2. The number of methoxy groups -OCH3 is 1. The number of aryl methyl sites for hydroxylation is 1. The molecule has 22 heavy (non-hydrogen) atoms. The Morgan fingerprint density at radius 3 is 2.86 bits per heavy atom. The zero-order valence-corrected chi connectivity index (χ0v) is 14.1. The molecule has 0 aromatic heterocycles. The van der Waals surface area contributed by atoms with Gasteiger partial charge in [-0.25, -0.2) is 4.79 Å². The van der Waals surface area contributed by atoms with E-state index in [1.807, 2.05) is 24.0 Å². The van der Waals surface area contributed by atoms with Crippen molar-refractivity contribution in [2.45, 2.75) is 19.9 Å². The van der Waals surface area contributed by atoms with Gasteiger partial charge in [-0.3, -0.25) is 0 Å². The lowest BCUT2D eigenvalue weighted by Crippen LogP contribution is -2.38. The number of urea groups is 1. The second-order valence-corrected chi connectivity index (χ2v) is 6.33. The summed E-state index contributed by atoms with van der Waals surface area (Å²) in [5, 5.41) is 3.01. The van der Waals surface area contributed by atoms with Crippen molar-refractivity contribution in [2.75, 3.05) is 40.8 Å². The molecule has 2 rings (SSSR count). The van der Waals surface area contributed by atoms with Crippen LogP contribution in [0.1, 0.15) is 17.5 Å². The number of nitrogens with zero attached hydrogens (tertiary/aromatic N) is 2. The van der Waals surface area contributed by atoms with E-state index in [4.69, 9.17) is 4.74 Å². The minimum Gasteiger partial charge on any atom is -0.496 e. The van der Waals surface area contributed by atoms with Crippen LogP contribution in [0.15, 0.2) is 18.2 Å². The average Bonchev–Trinajstić information content (AvgIpc) is 2.92. The predicted octanol–water partition coefficient (Wildman–Crippen LogP) is 2.10. The smallest absolute Gasteiger partial charge is 0.317 e. The summed E-state index contributed by atoms with van der Waals surface area (Å²) in [6.45, 7) is 5.31. The highest BCUT2D eigenvalue weighted by Gasteiger charge is 2.26. The predicted molar refractivity (Wildman–Crippen MR) is 88.2 cm³/mol. The Morgan fingerprint density at radius 1 is 1.45 bits per heavy atom. The number of carbonyl (C=O) groups excluding carboxylic acids is 1. The standard InChI is InChI=1S/C17H27N3O2/c1-13-9-14(5-6-16(13)22-4)10-18-17(21)20-8-7-15(12-20)11-19(2)3/h5-6,9,15H,7-8,10-12H2,1-4H3,(H,18,21)/t15-/m0/s1. The van der Waals surface area contributed by atoms with Crippen molar-refractivity contribution >= 4 is 6.03 Å². The number of amides is 2.